The molecule has 1 N–H and O–H groups in total. The maximum Gasteiger partial charge on any atom is 0.375 e. The summed E-state index contributed by atoms with van der Waals surface area (Å²) in [6, 6.07) is 14.9. The summed E-state index contributed by atoms with van der Waals surface area (Å²) in [5.74, 6) is -0.948. The van der Waals surface area contributed by atoms with E-state index < -0.39 is 18.0 Å². The summed E-state index contributed by atoms with van der Waals surface area (Å²) in [6.07, 6.45) is -0.968. The molecule has 2 aromatic carbocycles. The first-order valence-electron chi connectivity index (χ1n) is 9.95. The summed E-state index contributed by atoms with van der Waals surface area (Å²) in [6.45, 7) is 6.45. The van der Waals surface area contributed by atoms with Gasteiger partial charge < -0.3 is 24.1 Å². The van der Waals surface area contributed by atoms with Crippen LogP contribution in [0.3, 0.4) is 0 Å². The van der Waals surface area contributed by atoms with Crippen molar-refractivity contribution in [2.24, 2.45) is 0 Å². The number of amides is 1. The fourth-order valence-electron chi connectivity index (χ4n) is 3.46. The SMILES string of the molecule is Cc1c(C(=O)O[C@@H](C)C(=O)Nc2ccc(N3CCOCC3)cc2)oc2ccccc12. The Hall–Kier alpha value is -3.32. The molecule has 0 bridgehead atoms. The second-order valence-electron chi connectivity index (χ2n) is 7.24. The van der Waals surface area contributed by atoms with Gasteiger partial charge in [0.1, 0.15) is 5.58 Å². The van der Waals surface area contributed by atoms with Crippen LogP contribution in [0.4, 0.5) is 11.4 Å². The summed E-state index contributed by atoms with van der Waals surface area (Å²) < 4.78 is 16.3. The van der Waals surface area contributed by atoms with Crippen molar-refractivity contribution in [1.29, 1.82) is 0 Å². The van der Waals surface area contributed by atoms with Crippen LogP contribution in [0.15, 0.2) is 52.9 Å². The highest BCUT2D eigenvalue weighted by molar-refractivity contribution is 5.99. The molecule has 1 aromatic heterocycles. The maximum absolute atomic E-state index is 12.5. The third kappa shape index (κ3) is 4.16. The number of hydrogen-bond donors (Lipinski definition) is 1. The number of hydrogen-bond acceptors (Lipinski definition) is 6. The predicted octanol–water partition coefficient (Wildman–Crippen LogP) is 3.76. The van der Waals surface area contributed by atoms with Crippen LogP contribution in [0, 0.1) is 6.92 Å². The number of rotatable bonds is 5. The van der Waals surface area contributed by atoms with E-state index >= 15 is 0 Å². The van der Waals surface area contributed by atoms with Crippen LogP contribution in [0.25, 0.3) is 11.0 Å². The smallest absolute Gasteiger partial charge is 0.375 e. The first-order valence-corrected chi connectivity index (χ1v) is 9.95. The van der Waals surface area contributed by atoms with Crippen LogP contribution >= 0.6 is 0 Å². The number of esters is 1. The number of nitrogens with zero attached hydrogens (tertiary/aromatic N) is 1. The predicted molar refractivity (Wildman–Crippen MR) is 114 cm³/mol. The van der Waals surface area contributed by atoms with Crippen molar-refractivity contribution in [1.82, 2.24) is 0 Å². The number of carbonyl (C=O) groups is 2. The number of benzene rings is 2. The number of aryl methyl sites for hydroxylation is 1. The van der Waals surface area contributed by atoms with Crippen LogP contribution < -0.4 is 10.2 Å². The highest BCUT2D eigenvalue weighted by Gasteiger charge is 2.24. The average Bonchev–Trinajstić information content (AvgIpc) is 3.12. The molecule has 30 heavy (non-hydrogen) atoms. The number of nitrogens with one attached hydrogen (secondary N) is 1. The van der Waals surface area contributed by atoms with E-state index in [2.05, 4.69) is 10.2 Å². The lowest BCUT2D eigenvalue weighted by Crippen LogP contribution is -2.36. The van der Waals surface area contributed by atoms with E-state index in [1.807, 2.05) is 42.5 Å². The second kappa shape index (κ2) is 8.59. The Morgan fingerprint density at radius 1 is 1.07 bits per heavy atom. The van der Waals surface area contributed by atoms with Crippen molar-refractivity contribution in [2.75, 3.05) is 36.5 Å². The van der Waals surface area contributed by atoms with Crippen LogP contribution in [-0.2, 0) is 14.3 Å². The van der Waals surface area contributed by atoms with Crippen molar-refractivity contribution in [3.8, 4) is 0 Å². The summed E-state index contributed by atoms with van der Waals surface area (Å²) in [5.41, 5.74) is 3.03. The zero-order valence-corrected chi connectivity index (χ0v) is 17.0. The molecule has 0 spiro atoms. The number of morpholine rings is 1. The fourth-order valence-corrected chi connectivity index (χ4v) is 3.46. The molecule has 2 heterocycles. The molecule has 156 valence electrons. The van der Waals surface area contributed by atoms with E-state index in [1.165, 1.54) is 6.92 Å². The Labute approximate surface area is 174 Å². The highest BCUT2D eigenvalue weighted by Crippen LogP contribution is 2.26. The number of carbonyl (C=O) groups excluding carboxylic acids is 2. The maximum atomic E-state index is 12.5. The lowest BCUT2D eigenvalue weighted by Gasteiger charge is -2.28. The molecule has 1 aliphatic rings. The number of anilines is 2. The summed E-state index contributed by atoms with van der Waals surface area (Å²) in [7, 11) is 0. The highest BCUT2D eigenvalue weighted by atomic mass is 16.6. The van der Waals surface area contributed by atoms with Gasteiger partial charge in [0.05, 0.1) is 13.2 Å². The minimum Gasteiger partial charge on any atom is -0.449 e. The lowest BCUT2D eigenvalue weighted by atomic mass is 10.1. The van der Waals surface area contributed by atoms with Crippen molar-refractivity contribution < 1.29 is 23.5 Å². The van der Waals surface area contributed by atoms with Gasteiger partial charge in [0, 0.05) is 35.4 Å². The third-order valence-corrected chi connectivity index (χ3v) is 5.19. The van der Waals surface area contributed by atoms with Gasteiger partial charge in [-0.15, -0.1) is 0 Å². The molecule has 1 saturated heterocycles. The first-order chi connectivity index (χ1) is 14.5. The van der Waals surface area contributed by atoms with Crippen LogP contribution in [0.2, 0.25) is 0 Å². The molecule has 0 aliphatic carbocycles. The van der Waals surface area contributed by atoms with E-state index in [1.54, 1.807) is 13.0 Å². The van der Waals surface area contributed by atoms with Gasteiger partial charge in [-0.3, -0.25) is 4.79 Å². The van der Waals surface area contributed by atoms with Crippen LogP contribution in [0.1, 0.15) is 23.0 Å². The molecule has 1 amide bonds. The monoisotopic (exact) mass is 408 g/mol. The topological polar surface area (TPSA) is 81.0 Å². The Morgan fingerprint density at radius 2 is 1.77 bits per heavy atom. The molecule has 1 atom stereocenters. The van der Waals surface area contributed by atoms with Crippen molar-refractivity contribution in [2.45, 2.75) is 20.0 Å². The average molecular weight is 408 g/mol. The molecule has 0 radical (unpaired) electrons. The Bertz CT molecular complexity index is 1050. The Morgan fingerprint density at radius 3 is 2.47 bits per heavy atom. The van der Waals surface area contributed by atoms with E-state index in [0.29, 0.717) is 30.0 Å². The largest absolute Gasteiger partial charge is 0.449 e. The molecule has 1 fully saturated rings. The van der Waals surface area contributed by atoms with Gasteiger partial charge in [-0.05, 0) is 44.2 Å². The summed E-state index contributed by atoms with van der Waals surface area (Å²) in [5, 5.41) is 3.63. The van der Waals surface area contributed by atoms with Gasteiger partial charge in [0.2, 0.25) is 5.76 Å². The minimum absolute atomic E-state index is 0.116. The molecule has 3 aromatic rings. The molecule has 7 heteroatoms. The first kappa shape index (κ1) is 20.0. The quantitative estimate of drug-likeness (QED) is 0.648. The van der Waals surface area contributed by atoms with E-state index in [9.17, 15) is 9.59 Å². The standard InChI is InChI=1S/C23H24N2O5/c1-15-19-5-3-4-6-20(19)30-21(15)23(27)29-16(2)22(26)24-17-7-9-18(10-8-17)25-11-13-28-14-12-25/h3-10,16H,11-14H2,1-2H3,(H,24,26)/t16-/m0/s1. The zero-order chi connectivity index (χ0) is 21.1. The number of ether oxygens (including phenoxy) is 2. The third-order valence-electron chi connectivity index (χ3n) is 5.19. The van der Waals surface area contributed by atoms with Crippen LogP contribution in [-0.4, -0.2) is 44.3 Å². The fraction of sp³-hybridized carbons (Fsp3) is 0.304. The zero-order valence-electron chi connectivity index (χ0n) is 17.0. The van der Waals surface area contributed by atoms with Gasteiger partial charge in [0.25, 0.3) is 5.91 Å². The summed E-state index contributed by atoms with van der Waals surface area (Å²) in [4.78, 5) is 27.2. The number of fused-ring (bicyclic) bond motifs is 1. The van der Waals surface area contributed by atoms with E-state index in [4.69, 9.17) is 13.9 Å². The van der Waals surface area contributed by atoms with E-state index in [0.717, 1.165) is 24.2 Å². The lowest BCUT2D eigenvalue weighted by molar-refractivity contribution is -0.123. The molecule has 4 rings (SSSR count). The van der Waals surface area contributed by atoms with Crippen LogP contribution in [0.5, 0.6) is 0 Å². The molecule has 1 aliphatic heterocycles. The molecule has 0 unspecified atom stereocenters. The Kier molecular flexibility index (Phi) is 5.72. The summed E-state index contributed by atoms with van der Waals surface area (Å²) >= 11 is 0. The molecular formula is C23H24N2O5. The van der Waals surface area contributed by atoms with Gasteiger partial charge in [-0.2, -0.15) is 0 Å². The second-order valence-corrected chi connectivity index (χ2v) is 7.24. The normalized spacial score (nSPS) is 15.1. The number of furan rings is 1. The van der Waals surface area contributed by atoms with Gasteiger partial charge in [-0.25, -0.2) is 4.79 Å². The number of para-hydroxylation sites is 1. The Balaban J connectivity index is 1.37. The molecular weight excluding hydrogens is 384 g/mol. The van der Waals surface area contributed by atoms with Gasteiger partial charge in [-0.1, -0.05) is 18.2 Å². The van der Waals surface area contributed by atoms with Crippen molar-refractivity contribution >= 4 is 34.2 Å². The van der Waals surface area contributed by atoms with Crippen molar-refractivity contribution in [3.63, 3.8) is 0 Å². The molecule has 0 saturated carbocycles. The van der Waals surface area contributed by atoms with E-state index in [-0.39, 0.29) is 5.76 Å². The van der Waals surface area contributed by atoms with Gasteiger partial charge in [0.15, 0.2) is 6.10 Å². The molecule has 7 nitrogen and oxygen atoms in total. The minimum atomic E-state index is -0.968. The van der Waals surface area contributed by atoms with Crippen molar-refractivity contribution in [3.05, 3.63) is 59.9 Å². The van der Waals surface area contributed by atoms with Gasteiger partial charge >= 0.3 is 5.97 Å².